The van der Waals surface area contributed by atoms with E-state index in [4.69, 9.17) is 4.74 Å². The number of likely N-dealkylation sites (tertiary alicyclic amines) is 1. The fourth-order valence-electron chi connectivity index (χ4n) is 4.14. The minimum absolute atomic E-state index is 0.262. The Morgan fingerprint density at radius 1 is 1.19 bits per heavy atom. The van der Waals surface area contributed by atoms with Gasteiger partial charge in [-0.15, -0.1) is 0 Å². The van der Waals surface area contributed by atoms with Gasteiger partial charge in [0.2, 0.25) is 15.0 Å². The number of rotatable bonds is 10. The van der Waals surface area contributed by atoms with Gasteiger partial charge in [-0.1, -0.05) is 19.8 Å². The summed E-state index contributed by atoms with van der Waals surface area (Å²) in [6, 6.07) is 0. The molecule has 27 heavy (non-hydrogen) atoms. The second-order valence-corrected chi connectivity index (χ2v) is 10.2. The van der Waals surface area contributed by atoms with E-state index in [1.807, 2.05) is 4.57 Å². The van der Waals surface area contributed by atoms with Gasteiger partial charge in [0.15, 0.2) is 0 Å². The number of hydrogen-bond acceptors (Lipinski definition) is 5. The molecular formula is C20H35N3O3S. The van der Waals surface area contributed by atoms with Crippen LogP contribution in [0, 0.1) is 11.8 Å². The molecule has 1 aromatic rings. The van der Waals surface area contributed by atoms with Crippen molar-refractivity contribution in [3.63, 3.8) is 0 Å². The lowest BCUT2D eigenvalue weighted by atomic mass is 9.87. The van der Waals surface area contributed by atoms with Gasteiger partial charge in [0.25, 0.3) is 0 Å². The van der Waals surface area contributed by atoms with Crippen LogP contribution in [0.1, 0.15) is 57.6 Å². The van der Waals surface area contributed by atoms with E-state index in [0.29, 0.717) is 17.0 Å². The first-order valence-electron chi connectivity index (χ1n) is 10.5. The van der Waals surface area contributed by atoms with Crippen LogP contribution >= 0.6 is 0 Å². The predicted molar refractivity (Wildman–Crippen MR) is 106 cm³/mol. The van der Waals surface area contributed by atoms with Crippen LogP contribution in [0.25, 0.3) is 0 Å². The summed E-state index contributed by atoms with van der Waals surface area (Å²) < 4.78 is 33.1. The summed E-state index contributed by atoms with van der Waals surface area (Å²) in [5, 5.41) is 0.298. The molecule has 0 spiro atoms. The zero-order valence-electron chi connectivity index (χ0n) is 16.9. The molecule has 0 atom stereocenters. The number of ether oxygens (including phenoxy) is 1. The normalized spacial score (nSPS) is 20.1. The third kappa shape index (κ3) is 5.33. The molecular weight excluding hydrogens is 362 g/mol. The van der Waals surface area contributed by atoms with E-state index in [0.717, 1.165) is 83.4 Å². The van der Waals surface area contributed by atoms with Gasteiger partial charge in [-0.2, -0.15) is 0 Å². The molecule has 1 aliphatic carbocycles. The number of unbranched alkanes of at least 4 members (excludes halogenated alkanes) is 1. The first-order valence-corrected chi connectivity index (χ1v) is 12.2. The fraction of sp³-hybridized carbons (Fsp3) is 0.850. The average molecular weight is 398 g/mol. The smallest absolute Gasteiger partial charge is 0.227 e. The van der Waals surface area contributed by atoms with Crippen LogP contribution in [-0.2, 0) is 27.7 Å². The van der Waals surface area contributed by atoms with Crippen LogP contribution < -0.4 is 0 Å². The summed E-state index contributed by atoms with van der Waals surface area (Å²) in [4.78, 5) is 6.81. The molecule has 3 rings (SSSR count). The number of imidazole rings is 1. The van der Waals surface area contributed by atoms with Crippen molar-refractivity contribution >= 4 is 9.84 Å². The van der Waals surface area contributed by atoms with Gasteiger partial charge < -0.3 is 9.30 Å². The van der Waals surface area contributed by atoms with Gasteiger partial charge in [-0.3, -0.25) is 4.90 Å². The summed E-state index contributed by atoms with van der Waals surface area (Å²) in [5.41, 5.74) is 1.04. The van der Waals surface area contributed by atoms with E-state index in [-0.39, 0.29) is 5.75 Å². The van der Waals surface area contributed by atoms with Gasteiger partial charge in [0, 0.05) is 26.8 Å². The molecule has 1 aliphatic heterocycles. The van der Waals surface area contributed by atoms with Crippen LogP contribution in [-0.4, -0.2) is 55.4 Å². The summed E-state index contributed by atoms with van der Waals surface area (Å²) in [7, 11) is -1.53. The minimum atomic E-state index is -3.30. The van der Waals surface area contributed by atoms with E-state index in [1.54, 1.807) is 13.3 Å². The summed E-state index contributed by atoms with van der Waals surface area (Å²) >= 11 is 0. The standard InChI is InChI=1S/C20H35N3O3S/c1-3-4-10-23-19(14-22-11-8-17(9-12-22)15-26-2)13-21-20(23)27(24,25)16-18-6-5-7-18/h13,17-18H,3-12,14-16H2,1-2H3. The van der Waals surface area contributed by atoms with Crippen molar-refractivity contribution in [2.24, 2.45) is 11.8 Å². The number of nitrogens with zero attached hydrogens (tertiary/aromatic N) is 3. The van der Waals surface area contributed by atoms with Crippen molar-refractivity contribution in [1.82, 2.24) is 14.5 Å². The Kier molecular flexibility index (Phi) is 7.34. The largest absolute Gasteiger partial charge is 0.384 e. The molecule has 1 aromatic heterocycles. The van der Waals surface area contributed by atoms with Crippen LogP contribution in [0.3, 0.4) is 0 Å². The summed E-state index contributed by atoms with van der Waals surface area (Å²) in [6.45, 7) is 6.58. The van der Waals surface area contributed by atoms with E-state index >= 15 is 0 Å². The highest BCUT2D eigenvalue weighted by atomic mass is 32.2. The van der Waals surface area contributed by atoms with Crippen LogP contribution in [0.2, 0.25) is 0 Å². The number of sulfone groups is 1. The Balaban J connectivity index is 1.70. The third-order valence-electron chi connectivity index (χ3n) is 6.09. The average Bonchev–Trinajstić information content (AvgIpc) is 3.02. The SMILES string of the molecule is CCCCn1c(CN2CCC(COC)CC2)cnc1S(=O)(=O)CC1CCC1. The second kappa shape index (κ2) is 9.52. The molecule has 0 N–H and O–H groups in total. The van der Waals surface area contributed by atoms with E-state index < -0.39 is 9.84 Å². The summed E-state index contributed by atoms with van der Waals surface area (Å²) in [5.74, 6) is 1.24. The lowest BCUT2D eigenvalue weighted by molar-refractivity contribution is 0.0957. The van der Waals surface area contributed by atoms with Crippen molar-refractivity contribution in [3.8, 4) is 0 Å². The van der Waals surface area contributed by atoms with Gasteiger partial charge in [0.1, 0.15) is 0 Å². The molecule has 2 heterocycles. The molecule has 1 saturated heterocycles. The molecule has 0 bridgehead atoms. The predicted octanol–water partition coefficient (Wildman–Crippen LogP) is 3.12. The maximum atomic E-state index is 12.9. The monoisotopic (exact) mass is 397 g/mol. The van der Waals surface area contributed by atoms with Gasteiger partial charge >= 0.3 is 0 Å². The second-order valence-electron chi connectivity index (χ2n) is 8.29. The molecule has 1 saturated carbocycles. The van der Waals surface area contributed by atoms with Crippen molar-refractivity contribution in [2.45, 2.75) is 70.1 Å². The van der Waals surface area contributed by atoms with Crippen molar-refractivity contribution in [1.29, 1.82) is 0 Å². The Bertz CT molecular complexity index is 689. The minimum Gasteiger partial charge on any atom is -0.384 e. The van der Waals surface area contributed by atoms with Gasteiger partial charge in [0.05, 0.1) is 17.6 Å². The Morgan fingerprint density at radius 2 is 1.93 bits per heavy atom. The van der Waals surface area contributed by atoms with Crippen molar-refractivity contribution in [2.75, 3.05) is 32.6 Å². The number of aromatic nitrogens is 2. The highest BCUT2D eigenvalue weighted by Gasteiger charge is 2.30. The van der Waals surface area contributed by atoms with Crippen LogP contribution in [0.5, 0.6) is 0 Å². The fourth-order valence-corrected chi connectivity index (χ4v) is 6.00. The molecule has 2 aliphatic rings. The first kappa shape index (κ1) is 20.8. The van der Waals surface area contributed by atoms with E-state index in [1.165, 1.54) is 0 Å². The van der Waals surface area contributed by atoms with E-state index in [2.05, 4.69) is 16.8 Å². The highest BCUT2D eigenvalue weighted by Crippen LogP contribution is 2.30. The van der Waals surface area contributed by atoms with Crippen LogP contribution in [0.4, 0.5) is 0 Å². The quantitative estimate of drug-likeness (QED) is 0.607. The lowest BCUT2D eigenvalue weighted by Crippen LogP contribution is -2.35. The molecule has 0 amide bonds. The molecule has 0 radical (unpaired) electrons. The topological polar surface area (TPSA) is 64.4 Å². The lowest BCUT2D eigenvalue weighted by Gasteiger charge is -2.31. The van der Waals surface area contributed by atoms with Crippen molar-refractivity contribution in [3.05, 3.63) is 11.9 Å². The number of piperidine rings is 1. The van der Waals surface area contributed by atoms with E-state index in [9.17, 15) is 8.42 Å². The van der Waals surface area contributed by atoms with Gasteiger partial charge in [-0.05, 0) is 57.0 Å². The highest BCUT2D eigenvalue weighted by molar-refractivity contribution is 7.91. The maximum Gasteiger partial charge on any atom is 0.227 e. The Hall–Kier alpha value is -0.920. The first-order chi connectivity index (χ1) is 13.0. The Labute approximate surface area is 164 Å². The summed E-state index contributed by atoms with van der Waals surface area (Å²) in [6.07, 6.45) is 9.34. The van der Waals surface area contributed by atoms with Crippen molar-refractivity contribution < 1.29 is 13.2 Å². The molecule has 0 aromatic carbocycles. The Morgan fingerprint density at radius 3 is 2.52 bits per heavy atom. The zero-order valence-corrected chi connectivity index (χ0v) is 17.7. The number of methoxy groups -OCH3 is 1. The molecule has 0 unspecified atom stereocenters. The maximum absolute atomic E-state index is 12.9. The molecule has 7 heteroatoms. The molecule has 2 fully saturated rings. The zero-order chi connectivity index (χ0) is 19.3. The van der Waals surface area contributed by atoms with Gasteiger partial charge in [-0.25, -0.2) is 13.4 Å². The van der Waals surface area contributed by atoms with Crippen LogP contribution in [0.15, 0.2) is 11.4 Å². The molecule has 6 nitrogen and oxygen atoms in total. The molecule has 154 valence electrons. The number of hydrogen-bond donors (Lipinski definition) is 0. The third-order valence-corrected chi connectivity index (χ3v) is 7.88.